The number of hydrogen-bond acceptors (Lipinski definition) is 4. The summed E-state index contributed by atoms with van der Waals surface area (Å²) in [6.07, 6.45) is 2.40. The SMILES string of the molecule is COCC1CCCN1Cc1cc(C)cc(C(=O)OC)c1. The van der Waals surface area contributed by atoms with Gasteiger partial charge in [-0.05, 0) is 49.6 Å². The van der Waals surface area contributed by atoms with Gasteiger partial charge in [-0.1, -0.05) is 6.07 Å². The van der Waals surface area contributed by atoms with Gasteiger partial charge in [0.2, 0.25) is 0 Å². The Morgan fingerprint density at radius 2 is 2.15 bits per heavy atom. The molecule has 0 N–H and O–H groups in total. The van der Waals surface area contributed by atoms with Crippen molar-refractivity contribution in [3.05, 3.63) is 34.9 Å². The van der Waals surface area contributed by atoms with Crippen LogP contribution in [0.3, 0.4) is 0 Å². The molecule has 1 atom stereocenters. The third kappa shape index (κ3) is 3.58. The lowest BCUT2D eigenvalue weighted by atomic mass is 10.1. The first kappa shape index (κ1) is 15.0. The first-order valence-electron chi connectivity index (χ1n) is 7.06. The second-order valence-corrected chi connectivity index (χ2v) is 5.42. The fraction of sp³-hybridized carbons (Fsp3) is 0.562. The van der Waals surface area contributed by atoms with Crippen molar-refractivity contribution < 1.29 is 14.3 Å². The predicted molar refractivity (Wildman–Crippen MR) is 77.8 cm³/mol. The highest BCUT2D eigenvalue weighted by molar-refractivity contribution is 5.89. The summed E-state index contributed by atoms with van der Waals surface area (Å²) >= 11 is 0. The van der Waals surface area contributed by atoms with E-state index in [0.29, 0.717) is 11.6 Å². The van der Waals surface area contributed by atoms with Crippen molar-refractivity contribution in [3.8, 4) is 0 Å². The number of carbonyl (C=O) groups is 1. The molecular weight excluding hydrogens is 254 g/mol. The standard InChI is InChI=1S/C16H23NO3/c1-12-7-13(9-14(8-12)16(18)20-3)10-17-6-4-5-15(17)11-19-2/h7-9,15H,4-6,10-11H2,1-3H3. The number of esters is 1. The minimum atomic E-state index is -0.273. The Morgan fingerprint density at radius 1 is 1.35 bits per heavy atom. The van der Waals surface area contributed by atoms with Crippen LogP contribution in [0.4, 0.5) is 0 Å². The highest BCUT2D eigenvalue weighted by Crippen LogP contribution is 2.21. The number of ether oxygens (including phenoxy) is 2. The van der Waals surface area contributed by atoms with Crippen molar-refractivity contribution in [3.63, 3.8) is 0 Å². The number of aryl methyl sites for hydroxylation is 1. The molecule has 1 aliphatic rings. The third-order valence-corrected chi connectivity index (χ3v) is 3.80. The van der Waals surface area contributed by atoms with Gasteiger partial charge in [0, 0.05) is 19.7 Å². The van der Waals surface area contributed by atoms with Crippen molar-refractivity contribution in [1.29, 1.82) is 0 Å². The van der Waals surface area contributed by atoms with Crippen molar-refractivity contribution in [2.24, 2.45) is 0 Å². The lowest BCUT2D eigenvalue weighted by Crippen LogP contribution is -2.32. The molecule has 1 aromatic rings. The van der Waals surface area contributed by atoms with Crippen LogP contribution in [0.25, 0.3) is 0 Å². The average Bonchev–Trinajstić information content (AvgIpc) is 2.85. The Labute approximate surface area is 120 Å². The highest BCUT2D eigenvalue weighted by atomic mass is 16.5. The van der Waals surface area contributed by atoms with Crippen molar-refractivity contribution in [1.82, 2.24) is 4.90 Å². The first-order chi connectivity index (χ1) is 9.63. The van der Waals surface area contributed by atoms with E-state index in [1.54, 1.807) is 7.11 Å². The van der Waals surface area contributed by atoms with E-state index in [1.165, 1.54) is 20.0 Å². The van der Waals surface area contributed by atoms with Gasteiger partial charge in [0.05, 0.1) is 19.3 Å². The molecule has 1 aliphatic heterocycles. The Morgan fingerprint density at radius 3 is 2.85 bits per heavy atom. The second-order valence-electron chi connectivity index (χ2n) is 5.42. The third-order valence-electron chi connectivity index (χ3n) is 3.80. The summed E-state index contributed by atoms with van der Waals surface area (Å²) in [5.74, 6) is -0.273. The molecule has 0 saturated carbocycles. The van der Waals surface area contributed by atoms with Gasteiger partial charge >= 0.3 is 5.97 Å². The summed E-state index contributed by atoms with van der Waals surface area (Å²) in [5.41, 5.74) is 2.88. The van der Waals surface area contributed by atoms with E-state index in [4.69, 9.17) is 9.47 Å². The van der Waals surface area contributed by atoms with Gasteiger partial charge in [-0.3, -0.25) is 4.90 Å². The van der Waals surface area contributed by atoms with Crippen molar-refractivity contribution in [2.45, 2.75) is 32.4 Å². The van der Waals surface area contributed by atoms with Crippen LogP contribution in [0.1, 0.15) is 34.3 Å². The summed E-state index contributed by atoms with van der Waals surface area (Å²) in [7, 11) is 3.16. The number of hydrogen-bond donors (Lipinski definition) is 0. The Balaban J connectivity index is 2.12. The van der Waals surface area contributed by atoms with Crippen molar-refractivity contribution >= 4 is 5.97 Å². The lowest BCUT2D eigenvalue weighted by Gasteiger charge is -2.24. The Bertz CT molecular complexity index is 473. The van der Waals surface area contributed by atoms with Crippen LogP contribution >= 0.6 is 0 Å². The number of likely N-dealkylation sites (tertiary alicyclic amines) is 1. The molecule has 20 heavy (non-hydrogen) atoms. The van der Waals surface area contributed by atoms with Crippen LogP contribution in [-0.4, -0.2) is 44.3 Å². The van der Waals surface area contributed by atoms with Gasteiger partial charge in [0.1, 0.15) is 0 Å². The largest absolute Gasteiger partial charge is 0.465 e. The predicted octanol–water partition coefficient (Wildman–Crippen LogP) is 2.39. The number of rotatable bonds is 5. The van der Waals surface area contributed by atoms with Gasteiger partial charge in [-0.25, -0.2) is 4.79 Å². The van der Waals surface area contributed by atoms with Gasteiger partial charge in [0.15, 0.2) is 0 Å². The monoisotopic (exact) mass is 277 g/mol. The van der Waals surface area contributed by atoms with E-state index < -0.39 is 0 Å². The van der Waals surface area contributed by atoms with E-state index in [-0.39, 0.29) is 5.97 Å². The van der Waals surface area contributed by atoms with Crippen molar-refractivity contribution in [2.75, 3.05) is 27.4 Å². The fourth-order valence-corrected chi connectivity index (χ4v) is 2.91. The number of carbonyl (C=O) groups excluding carboxylic acids is 1. The van der Waals surface area contributed by atoms with Crippen LogP contribution in [-0.2, 0) is 16.0 Å². The fourth-order valence-electron chi connectivity index (χ4n) is 2.91. The normalized spacial score (nSPS) is 19.2. The zero-order valence-corrected chi connectivity index (χ0v) is 12.5. The minimum Gasteiger partial charge on any atom is -0.465 e. The lowest BCUT2D eigenvalue weighted by molar-refractivity contribution is 0.0600. The summed E-state index contributed by atoms with van der Waals surface area (Å²) in [5, 5.41) is 0. The molecule has 4 heteroatoms. The van der Waals surface area contributed by atoms with E-state index >= 15 is 0 Å². The van der Waals surface area contributed by atoms with Crippen LogP contribution < -0.4 is 0 Å². The van der Waals surface area contributed by atoms with Gasteiger partial charge in [-0.2, -0.15) is 0 Å². The molecule has 4 nitrogen and oxygen atoms in total. The summed E-state index contributed by atoms with van der Waals surface area (Å²) in [4.78, 5) is 14.1. The van der Waals surface area contributed by atoms with Crippen LogP contribution in [0, 0.1) is 6.92 Å². The molecule has 1 fully saturated rings. The first-order valence-corrected chi connectivity index (χ1v) is 7.06. The second kappa shape index (κ2) is 6.86. The smallest absolute Gasteiger partial charge is 0.337 e. The Hall–Kier alpha value is -1.39. The molecule has 1 unspecified atom stereocenters. The van der Waals surface area contributed by atoms with Crippen LogP contribution in [0.15, 0.2) is 18.2 Å². The van der Waals surface area contributed by atoms with Crippen LogP contribution in [0.2, 0.25) is 0 Å². The number of nitrogens with zero attached hydrogens (tertiary/aromatic N) is 1. The topological polar surface area (TPSA) is 38.8 Å². The minimum absolute atomic E-state index is 0.273. The quantitative estimate of drug-likeness (QED) is 0.775. The molecule has 1 heterocycles. The van der Waals surface area contributed by atoms with Gasteiger partial charge < -0.3 is 9.47 Å². The van der Waals surface area contributed by atoms with Gasteiger partial charge in [0.25, 0.3) is 0 Å². The van der Waals surface area contributed by atoms with E-state index in [9.17, 15) is 4.79 Å². The zero-order valence-electron chi connectivity index (χ0n) is 12.5. The summed E-state index contributed by atoms with van der Waals surface area (Å²) in [6.45, 7) is 4.73. The Kier molecular flexibility index (Phi) is 5.15. The van der Waals surface area contributed by atoms with E-state index in [2.05, 4.69) is 11.0 Å². The molecule has 1 saturated heterocycles. The molecule has 0 radical (unpaired) electrons. The molecule has 0 aromatic heterocycles. The molecule has 0 aliphatic carbocycles. The highest BCUT2D eigenvalue weighted by Gasteiger charge is 2.24. The maximum Gasteiger partial charge on any atom is 0.337 e. The molecular formula is C16H23NO3. The number of methoxy groups -OCH3 is 2. The molecule has 1 aromatic carbocycles. The number of benzene rings is 1. The molecule has 0 amide bonds. The van der Waals surface area contributed by atoms with Crippen LogP contribution in [0.5, 0.6) is 0 Å². The zero-order chi connectivity index (χ0) is 14.5. The molecule has 0 bridgehead atoms. The maximum atomic E-state index is 11.7. The van der Waals surface area contributed by atoms with Gasteiger partial charge in [-0.15, -0.1) is 0 Å². The summed E-state index contributed by atoms with van der Waals surface area (Å²) in [6, 6.07) is 6.42. The molecule has 110 valence electrons. The summed E-state index contributed by atoms with van der Waals surface area (Å²) < 4.78 is 10.1. The maximum absolute atomic E-state index is 11.7. The average molecular weight is 277 g/mol. The molecule has 2 rings (SSSR count). The van der Waals surface area contributed by atoms with E-state index in [0.717, 1.165) is 30.8 Å². The van der Waals surface area contributed by atoms with E-state index in [1.807, 2.05) is 19.1 Å². The molecule has 0 spiro atoms.